The highest BCUT2D eigenvalue weighted by atomic mass is 16.6. The SMILES string of the molecule is NCCCOc1cc(NC(=O)c2cc(OCc3cn([C@@H]4O[C@H](CO)[C@H](O)[C@H](O)[C@H]4O)nn3)cc(C(=O)Nc3cc(OCCCN)c4ccccc4n3)n2)nc2ccccc12. The topological polar surface area (TPSA) is 297 Å². The van der Waals surface area contributed by atoms with Crippen molar-refractivity contribution in [1.29, 1.82) is 0 Å². The predicted molar refractivity (Wildman–Crippen MR) is 215 cm³/mol. The van der Waals surface area contributed by atoms with E-state index in [0.29, 0.717) is 61.7 Å². The number of hydrogen-bond acceptors (Lipinski definition) is 17. The number of nitrogens with one attached hydrogen (secondary N) is 2. The Labute approximate surface area is 342 Å². The molecule has 60 heavy (non-hydrogen) atoms. The highest BCUT2D eigenvalue weighted by molar-refractivity contribution is 6.07. The summed E-state index contributed by atoms with van der Waals surface area (Å²) < 4.78 is 24.6. The van der Waals surface area contributed by atoms with Gasteiger partial charge in [-0.05, 0) is 50.2 Å². The minimum Gasteiger partial charge on any atom is -0.493 e. The summed E-state index contributed by atoms with van der Waals surface area (Å²) in [6.07, 6.45) is -4.65. The average molecular weight is 825 g/mol. The van der Waals surface area contributed by atoms with Crippen molar-refractivity contribution in [2.75, 3.05) is 43.5 Å². The summed E-state index contributed by atoms with van der Waals surface area (Å²) >= 11 is 0. The Morgan fingerprint density at radius 2 is 1.28 bits per heavy atom. The fourth-order valence-corrected chi connectivity index (χ4v) is 6.33. The zero-order valence-corrected chi connectivity index (χ0v) is 32.1. The standard InChI is InChI=1S/C40H44N10O10/c41-11-5-13-57-30-17-33(44-26-9-3-1-7-24(26)30)46-38(55)28-15-23(59-21-22-19-50(49-48-22)40-37(54)36(53)35(52)32(20-51)60-40)16-29(43-28)39(56)47-34-18-31(58-14-6-12-42)25-8-2-4-10-27(25)45-34/h1-4,7-10,15-19,32,35-37,40,51-54H,5-6,11-14,20-21,41-42H2,(H,44,46,55)(H,45,47,56)/t32-,35+,36+,37-,40-/m1/s1. The third-order valence-corrected chi connectivity index (χ3v) is 9.39. The highest BCUT2D eigenvalue weighted by Crippen LogP contribution is 2.31. The number of aliphatic hydroxyl groups is 4. The molecule has 2 aromatic carbocycles. The molecule has 1 saturated heterocycles. The number of nitrogens with zero attached hydrogens (tertiary/aromatic N) is 6. The number of amides is 2. The van der Waals surface area contributed by atoms with Gasteiger partial charge < -0.3 is 61.5 Å². The summed E-state index contributed by atoms with van der Waals surface area (Å²) in [5.74, 6) is -0.115. The maximum Gasteiger partial charge on any atom is 0.275 e. The number of aliphatic hydroxyl groups excluding tert-OH is 4. The van der Waals surface area contributed by atoms with Crippen LogP contribution in [0.2, 0.25) is 0 Å². The third-order valence-electron chi connectivity index (χ3n) is 9.39. The molecule has 5 atom stereocenters. The van der Waals surface area contributed by atoms with Gasteiger partial charge in [0.25, 0.3) is 11.8 Å². The summed E-state index contributed by atoms with van der Waals surface area (Å²) in [7, 11) is 0. The van der Waals surface area contributed by atoms with Gasteiger partial charge >= 0.3 is 0 Å². The maximum atomic E-state index is 13.9. The normalized spacial score (nSPS) is 18.9. The Morgan fingerprint density at radius 1 is 0.733 bits per heavy atom. The molecule has 0 saturated carbocycles. The van der Waals surface area contributed by atoms with Crippen LogP contribution in [0.5, 0.6) is 17.2 Å². The second-order valence-electron chi connectivity index (χ2n) is 13.7. The molecule has 1 aliphatic heterocycles. The van der Waals surface area contributed by atoms with E-state index in [9.17, 15) is 30.0 Å². The van der Waals surface area contributed by atoms with Crippen molar-refractivity contribution >= 4 is 45.3 Å². The second-order valence-corrected chi connectivity index (χ2v) is 13.7. The Bertz CT molecular complexity index is 2320. The van der Waals surface area contributed by atoms with Crippen molar-refractivity contribution in [3.8, 4) is 17.2 Å². The van der Waals surface area contributed by atoms with E-state index < -0.39 is 49.1 Å². The van der Waals surface area contributed by atoms with Crippen LogP contribution in [0.1, 0.15) is 45.7 Å². The van der Waals surface area contributed by atoms with E-state index >= 15 is 0 Å². The van der Waals surface area contributed by atoms with Gasteiger partial charge in [0.15, 0.2) is 6.23 Å². The lowest BCUT2D eigenvalue weighted by Crippen LogP contribution is -2.56. The Hall–Kier alpha value is -6.39. The lowest BCUT2D eigenvalue weighted by Gasteiger charge is -2.39. The summed E-state index contributed by atoms with van der Waals surface area (Å²) in [6, 6.07) is 20.4. The third kappa shape index (κ3) is 9.56. The van der Waals surface area contributed by atoms with Gasteiger partial charge in [0.1, 0.15) is 77.0 Å². The number of hydrogen-bond donors (Lipinski definition) is 8. The molecule has 0 bridgehead atoms. The van der Waals surface area contributed by atoms with Crippen molar-refractivity contribution < 1.29 is 49.0 Å². The maximum absolute atomic E-state index is 13.9. The zero-order valence-electron chi connectivity index (χ0n) is 32.1. The fraction of sp³-hybridized carbons (Fsp3) is 0.325. The molecule has 0 unspecified atom stereocenters. The molecule has 20 nitrogen and oxygen atoms in total. The van der Waals surface area contributed by atoms with Crippen molar-refractivity contribution in [2.45, 2.75) is 50.1 Å². The second kappa shape index (κ2) is 19.1. The van der Waals surface area contributed by atoms with Gasteiger partial charge in [-0.15, -0.1) is 5.10 Å². The number of para-hydroxylation sites is 2. The molecule has 7 rings (SSSR count). The monoisotopic (exact) mass is 824 g/mol. The Balaban J connectivity index is 1.17. The number of carbonyl (C=O) groups is 2. The number of nitrogens with two attached hydrogens (primary N) is 2. The first-order valence-electron chi connectivity index (χ1n) is 19.1. The van der Waals surface area contributed by atoms with Crippen molar-refractivity contribution in [1.82, 2.24) is 29.9 Å². The van der Waals surface area contributed by atoms with Gasteiger partial charge in [-0.3, -0.25) is 9.59 Å². The van der Waals surface area contributed by atoms with Crippen LogP contribution in [0.3, 0.4) is 0 Å². The lowest BCUT2D eigenvalue weighted by atomic mass is 9.98. The summed E-state index contributed by atoms with van der Waals surface area (Å²) in [5.41, 5.74) is 12.2. The average Bonchev–Trinajstić information content (AvgIpc) is 3.74. The smallest absolute Gasteiger partial charge is 0.275 e. The van der Waals surface area contributed by atoms with E-state index in [1.54, 1.807) is 36.4 Å². The Morgan fingerprint density at radius 3 is 1.82 bits per heavy atom. The number of fused-ring (bicyclic) bond motifs is 2. The van der Waals surface area contributed by atoms with Gasteiger partial charge in [-0.25, -0.2) is 19.6 Å². The lowest BCUT2D eigenvalue weighted by molar-refractivity contribution is -0.254. The highest BCUT2D eigenvalue weighted by Gasteiger charge is 2.44. The minimum atomic E-state index is -1.63. The molecule has 1 aliphatic rings. The molecular formula is C40H44N10O10. The molecule has 10 N–H and O–H groups in total. The largest absolute Gasteiger partial charge is 0.493 e. The van der Waals surface area contributed by atoms with Gasteiger partial charge in [0, 0.05) is 35.0 Å². The first-order valence-corrected chi connectivity index (χ1v) is 19.1. The van der Waals surface area contributed by atoms with Crippen LogP contribution in [0.25, 0.3) is 21.8 Å². The first kappa shape index (κ1) is 41.8. The van der Waals surface area contributed by atoms with Gasteiger partial charge in [0.2, 0.25) is 0 Å². The van der Waals surface area contributed by atoms with E-state index in [-0.39, 0.29) is 41.1 Å². The van der Waals surface area contributed by atoms with Crippen LogP contribution in [-0.2, 0) is 11.3 Å². The van der Waals surface area contributed by atoms with Crippen LogP contribution in [0.4, 0.5) is 11.6 Å². The summed E-state index contributed by atoms with van der Waals surface area (Å²) in [4.78, 5) is 41.3. The van der Waals surface area contributed by atoms with Crippen molar-refractivity contribution in [3.63, 3.8) is 0 Å². The minimum absolute atomic E-state index is 0.0391. The van der Waals surface area contributed by atoms with Crippen LogP contribution < -0.4 is 36.3 Å². The number of anilines is 2. The molecule has 0 aliphatic carbocycles. The molecule has 6 aromatic rings. The van der Waals surface area contributed by atoms with E-state index in [2.05, 4.69) is 35.9 Å². The number of rotatable bonds is 17. The van der Waals surface area contributed by atoms with Crippen molar-refractivity contribution in [3.05, 3.63) is 96.1 Å². The molecule has 2 amide bonds. The van der Waals surface area contributed by atoms with Crippen LogP contribution in [0.15, 0.2) is 79.0 Å². The van der Waals surface area contributed by atoms with Gasteiger partial charge in [-0.1, -0.05) is 29.5 Å². The van der Waals surface area contributed by atoms with Crippen LogP contribution >= 0.6 is 0 Å². The molecule has 314 valence electrons. The number of aromatic nitrogens is 6. The molecule has 0 radical (unpaired) electrons. The van der Waals surface area contributed by atoms with Crippen LogP contribution in [-0.4, -0.2) is 120 Å². The quantitative estimate of drug-likeness (QED) is 0.0601. The summed E-state index contributed by atoms with van der Waals surface area (Å²) in [6.45, 7) is 0.687. The number of pyridine rings is 3. The van der Waals surface area contributed by atoms with Gasteiger partial charge in [-0.2, -0.15) is 0 Å². The van der Waals surface area contributed by atoms with E-state index in [4.69, 9.17) is 30.4 Å². The number of carbonyl (C=O) groups excluding carboxylic acids is 2. The molecule has 1 fully saturated rings. The van der Waals surface area contributed by atoms with Gasteiger partial charge in [0.05, 0.1) is 37.1 Å². The Kier molecular flexibility index (Phi) is 13.3. The molecule has 0 spiro atoms. The molecule has 5 heterocycles. The predicted octanol–water partition coefficient (Wildman–Crippen LogP) is 1.28. The van der Waals surface area contributed by atoms with E-state index in [1.165, 1.54) is 18.3 Å². The molecule has 20 heteroatoms. The summed E-state index contributed by atoms with van der Waals surface area (Å²) in [5, 5.41) is 55.5. The zero-order chi connectivity index (χ0) is 42.2. The van der Waals surface area contributed by atoms with Crippen molar-refractivity contribution in [2.24, 2.45) is 11.5 Å². The first-order chi connectivity index (χ1) is 29.1. The van der Waals surface area contributed by atoms with E-state index in [0.717, 1.165) is 15.5 Å². The molecular weight excluding hydrogens is 780 g/mol. The number of ether oxygens (including phenoxy) is 4. The molecule has 4 aromatic heterocycles. The fourth-order valence-electron chi connectivity index (χ4n) is 6.33. The van der Waals surface area contributed by atoms with Crippen LogP contribution in [0, 0.1) is 0 Å². The number of benzene rings is 2. The van der Waals surface area contributed by atoms with E-state index in [1.807, 2.05) is 24.3 Å².